The van der Waals surface area contributed by atoms with E-state index < -0.39 is 11.6 Å². The lowest BCUT2D eigenvalue weighted by molar-refractivity contribution is 0.584. The molecule has 0 aliphatic carbocycles. The maximum absolute atomic E-state index is 14.8. The molecule has 0 unspecified atom stereocenters. The molecular formula is C49H29F2N3. The summed E-state index contributed by atoms with van der Waals surface area (Å²) >= 11 is 0. The molecule has 10 rings (SSSR count). The molecule has 7 aromatic carbocycles. The van der Waals surface area contributed by atoms with Crippen LogP contribution in [0.5, 0.6) is 0 Å². The summed E-state index contributed by atoms with van der Waals surface area (Å²) in [5.74, 6) is -1.28. The minimum atomic E-state index is -0.641. The Labute approximate surface area is 309 Å². The molecule has 0 N–H and O–H groups in total. The van der Waals surface area contributed by atoms with Crippen LogP contribution in [0.3, 0.4) is 0 Å². The Balaban J connectivity index is 1.14. The van der Waals surface area contributed by atoms with E-state index in [1.54, 1.807) is 12.4 Å². The average molecular weight is 698 g/mol. The Morgan fingerprint density at radius 2 is 0.833 bits per heavy atom. The zero-order chi connectivity index (χ0) is 36.2. The fourth-order valence-electron chi connectivity index (χ4n) is 7.81. The summed E-state index contributed by atoms with van der Waals surface area (Å²) in [4.78, 5) is 13.9. The van der Waals surface area contributed by atoms with Gasteiger partial charge in [0.15, 0.2) is 0 Å². The highest BCUT2D eigenvalue weighted by Gasteiger charge is 2.19. The quantitative estimate of drug-likeness (QED) is 0.168. The van der Waals surface area contributed by atoms with E-state index in [-0.39, 0.29) is 0 Å². The number of hydrogen-bond donors (Lipinski definition) is 0. The number of halogens is 2. The molecule has 54 heavy (non-hydrogen) atoms. The van der Waals surface area contributed by atoms with E-state index in [1.807, 2.05) is 48.8 Å². The third kappa shape index (κ3) is 5.46. The number of hydrogen-bond acceptors (Lipinski definition) is 3. The Morgan fingerprint density at radius 1 is 0.333 bits per heavy atom. The molecule has 0 radical (unpaired) electrons. The number of benzene rings is 7. The van der Waals surface area contributed by atoms with E-state index in [2.05, 4.69) is 107 Å². The Bertz CT molecular complexity index is 2970. The maximum atomic E-state index is 14.8. The monoisotopic (exact) mass is 697 g/mol. The van der Waals surface area contributed by atoms with E-state index >= 15 is 0 Å². The zero-order valence-corrected chi connectivity index (χ0v) is 28.8. The molecule has 0 aliphatic heterocycles. The Hall–Kier alpha value is -7.11. The summed E-state index contributed by atoms with van der Waals surface area (Å²) in [6, 6.07) is 49.6. The van der Waals surface area contributed by atoms with Gasteiger partial charge in [-0.05, 0) is 103 Å². The van der Waals surface area contributed by atoms with Gasteiger partial charge in [-0.15, -0.1) is 0 Å². The lowest BCUT2D eigenvalue weighted by atomic mass is 9.89. The average Bonchev–Trinajstić information content (AvgIpc) is 3.23. The minimum absolute atomic E-state index is 0.397. The lowest BCUT2D eigenvalue weighted by Crippen LogP contribution is -1.94. The van der Waals surface area contributed by atoms with Crippen LogP contribution in [-0.4, -0.2) is 15.0 Å². The van der Waals surface area contributed by atoms with Crippen molar-refractivity contribution in [1.29, 1.82) is 0 Å². The molecule has 0 saturated heterocycles. The number of pyridine rings is 3. The van der Waals surface area contributed by atoms with E-state index in [0.717, 1.165) is 93.8 Å². The summed E-state index contributed by atoms with van der Waals surface area (Å²) < 4.78 is 29.6. The molecular weight excluding hydrogens is 669 g/mol. The zero-order valence-electron chi connectivity index (χ0n) is 28.8. The SMILES string of the molecule is Fc1cc(F)cc(-c2nc3cc(-c4ccc(-c5cc(-c6cccnc6)cc(-c6cccnc6)c5)cc4)ccc3c3c4ccccc4c4ccccc4c23)c1. The van der Waals surface area contributed by atoms with E-state index in [4.69, 9.17) is 4.98 Å². The summed E-state index contributed by atoms with van der Waals surface area (Å²) in [6.07, 6.45) is 7.33. The first-order valence-electron chi connectivity index (χ1n) is 17.8. The molecule has 0 amide bonds. The summed E-state index contributed by atoms with van der Waals surface area (Å²) in [5.41, 5.74) is 10.1. The molecule has 0 saturated carbocycles. The minimum Gasteiger partial charge on any atom is -0.264 e. The molecule has 0 aliphatic rings. The van der Waals surface area contributed by atoms with Gasteiger partial charge in [-0.25, -0.2) is 13.8 Å². The molecule has 3 aromatic heterocycles. The largest absolute Gasteiger partial charge is 0.264 e. The summed E-state index contributed by atoms with van der Waals surface area (Å²) in [5, 5.41) is 7.08. The van der Waals surface area contributed by atoms with Crippen molar-refractivity contribution < 1.29 is 8.78 Å². The van der Waals surface area contributed by atoms with E-state index in [9.17, 15) is 8.78 Å². The van der Waals surface area contributed by atoms with Gasteiger partial charge in [0.1, 0.15) is 11.6 Å². The maximum Gasteiger partial charge on any atom is 0.126 e. The lowest BCUT2D eigenvalue weighted by Gasteiger charge is -2.17. The standard InChI is InChI=1S/C49H29F2N3/c50-39-24-38(25-40(51)27-39)49-48-44-12-4-2-10-42(44)41-9-1-3-11-43(41)47(48)45-18-17-32(26-46(45)54-49)30-13-15-31(16-14-30)35-21-36(33-7-5-19-52-28-33)23-37(22-35)34-8-6-20-53-29-34/h1-29H. The number of rotatable bonds is 5. The topological polar surface area (TPSA) is 38.7 Å². The molecule has 3 nitrogen and oxygen atoms in total. The van der Waals surface area contributed by atoms with Crippen LogP contribution in [0.15, 0.2) is 176 Å². The summed E-state index contributed by atoms with van der Waals surface area (Å²) in [6.45, 7) is 0. The van der Waals surface area contributed by atoms with Gasteiger partial charge in [0.25, 0.3) is 0 Å². The number of fused-ring (bicyclic) bond motifs is 8. The second kappa shape index (κ2) is 12.8. The Kier molecular flexibility index (Phi) is 7.51. The van der Waals surface area contributed by atoms with Crippen LogP contribution in [0, 0.1) is 11.6 Å². The summed E-state index contributed by atoms with van der Waals surface area (Å²) in [7, 11) is 0. The third-order valence-electron chi connectivity index (χ3n) is 10.3. The van der Waals surface area contributed by atoms with Gasteiger partial charge in [0.05, 0.1) is 11.2 Å². The van der Waals surface area contributed by atoms with Crippen molar-refractivity contribution in [2.75, 3.05) is 0 Å². The van der Waals surface area contributed by atoms with Crippen molar-refractivity contribution in [3.05, 3.63) is 188 Å². The first-order valence-corrected chi connectivity index (χ1v) is 17.8. The molecule has 0 spiro atoms. The van der Waals surface area contributed by atoms with Gasteiger partial charge < -0.3 is 0 Å². The molecule has 0 fully saturated rings. The van der Waals surface area contributed by atoms with Gasteiger partial charge in [-0.1, -0.05) is 97.1 Å². The van der Waals surface area contributed by atoms with Gasteiger partial charge in [0.2, 0.25) is 0 Å². The first kappa shape index (κ1) is 31.6. The van der Waals surface area contributed by atoms with Crippen molar-refractivity contribution in [1.82, 2.24) is 15.0 Å². The van der Waals surface area contributed by atoms with Crippen molar-refractivity contribution >= 4 is 43.2 Å². The predicted molar refractivity (Wildman–Crippen MR) is 217 cm³/mol. The van der Waals surface area contributed by atoms with Crippen LogP contribution < -0.4 is 0 Å². The number of aromatic nitrogens is 3. The van der Waals surface area contributed by atoms with Crippen LogP contribution in [0.2, 0.25) is 0 Å². The molecule has 3 heterocycles. The first-order chi connectivity index (χ1) is 26.6. The van der Waals surface area contributed by atoms with Crippen LogP contribution in [0.4, 0.5) is 8.78 Å². The highest BCUT2D eigenvalue weighted by molar-refractivity contribution is 6.33. The van der Waals surface area contributed by atoms with Gasteiger partial charge >= 0.3 is 0 Å². The highest BCUT2D eigenvalue weighted by Crippen LogP contribution is 2.43. The fourth-order valence-corrected chi connectivity index (χ4v) is 7.81. The number of nitrogens with zero attached hydrogens (tertiary/aromatic N) is 3. The van der Waals surface area contributed by atoms with E-state index in [0.29, 0.717) is 11.3 Å². The van der Waals surface area contributed by atoms with Gasteiger partial charge in [-0.3, -0.25) is 9.97 Å². The van der Waals surface area contributed by atoms with Crippen molar-refractivity contribution in [2.24, 2.45) is 0 Å². The Morgan fingerprint density at radius 3 is 1.39 bits per heavy atom. The fraction of sp³-hybridized carbons (Fsp3) is 0. The van der Waals surface area contributed by atoms with Crippen LogP contribution in [-0.2, 0) is 0 Å². The van der Waals surface area contributed by atoms with Crippen LogP contribution in [0.25, 0.3) is 99.0 Å². The van der Waals surface area contributed by atoms with Crippen LogP contribution in [0.1, 0.15) is 0 Å². The molecule has 0 atom stereocenters. The van der Waals surface area contributed by atoms with Gasteiger partial charge in [0, 0.05) is 63.7 Å². The van der Waals surface area contributed by atoms with E-state index in [1.165, 1.54) is 12.1 Å². The van der Waals surface area contributed by atoms with Crippen molar-refractivity contribution in [3.8, 4) is 55.8 Å². The normalized spacial score (nSPS) is 11.5. The molecule has 5 heteroatoms. The van der Waals surface area contributed by atoms with Gasteiger partial charge in [-0.2, -0.15) is 0 Å². The molecule has 0 bridgehead atoms. The second-order valence-corrected chi connectivity index (χ2v) is 13.6. The second-order valence-electron chi connectivity index (χ2n) is 13.6. The van der Waals surface area contributed by atoms with Crippen molar-refractivity contribution in [3.63, 3.8) is 0 Å². The molecule has 254 valence electrons. The smallest absolute Gasteiger partial charge is 0.126 e. The third-order valence-corrected chi connectivity index (χ3v) is 10.3. The predicted octanol–water partition coefficient (Wildman–Crippen LogP) is 13.1. The highest BCUT2D eigenvalue weighted by atomic mass is 19.1. The van der Waals surface area contributed by atoms with Crippen LogP contribution >= 0.6 is 0 Å². The molecule has 10 aromatic rings. The van der Waals surface area contributed by atoms with Crippen molar-refractivity contribution in [2.45, 2.75) is 0 Å².